The molecule has 0 atom stereocenters. The van der Waals surface area contributed by atoms with Crippen LogP contribution < -0.4 is 4.72 Å². The van der Waals surface area contributed by atoms with Crippen LogP contribution >= 0.6 is 15.9 Å². The molecule has 6 heteroatoms. The highest BCUT2D eigenvalue weighted by molar-refractivity contribution is 9.10. The second kappa shape index (κ2) is 5.42. The molecule has 0 radical (unpaired) electrons. The van der Waals surface area contributed by atoms with Gasteiger partial charge in [-0.1, -0.05) is 6.07 Å². The number of hydrogen-bond acceptors (Lipinski definition) is 2. The van der Waals surface area contributed by atoms with Crippen LogP contribution in [0.2, 0.25) is 0 Å². The van der Waals surface area contributed by atoms with Gasteiger partial charge in [-0.15, -0.1) is 0 Å². The first-order chi connectivity index (χ1) is 9.95. The second-order valence-electron chi connectivity index (χ2n) is 5.01. The lowest BCUT2D eigenvalue weighted by Gasteiger charge is -2.11. The molecule has 3 rings (SSSR count). The van der Waals surface area contributed by atoms with E-state index >= 15 is 0 Å². The number of aryl methyl sites for hydroxylation is 2. The summed E-state index contributed by atoms with van der Waals surface area (Å²) < 4.78 is 40.7. The molecule has 0 fully saturated rings. The van der Waals surface area contributed by atoms with Gasteiger partial charge in [0.1, 0.15) is 5.82 Å². The Balaban J connectivity index is 1.93. The Morgan fingerprint density at radius 1 is 1.05 bits per heavy atom. The quantitative estimate of drug-likeness (QED) is 0.892. The SMILES string of the molecule is O=S(=O)(Nc1ccc(F)cc1Br)c1ccc2c(c1)CCC2. The predicted octanol–water partition coefficient (Wildman–Crippen LogP) is 3.88. The first kappa shape index (κ1) is 14.5. The largest absolute Gasteiger partial charge is 0.278 e. The maximum Gasteiger partial charge on any atom is 0.261 e. The van der Waals surface area contributed by atoms with Crippen molar-refractivity contribution in [3.05, 3.63) is 57.8 Å². The molecule has 1 N–H and O–H groups in total. The van der Waals surface area contributed by atoms with Gasteiger partial charge in [0.2, 0.25) is 0 Å². The van der Waals surface area contributed by atoms with Crippen LogP contribution in [0.1, 0.15) is 17.5 Å². The maximum atomic E-state index is 13.0. The molecule has 21 heavy (non-hydrogen) atoms. The van der Waals surface area contributed by atoms with Gasteiger partial charge in [0.25, 0.3) is 10.0 Å². The van der Waals surface area contributed by atoms with Gasteiger partial charge in [0.05, 0.1) is 10.6 Å². The summed E-state index contributed by atoms with van der Waals surface area (Å²) in [5.41, 5.74) is 2.63. The van der Waals surface area contributed by atoms with Gasteiger partial charge < -0.3 is 0 Å². The highest BCUT2D eigenvalue weighted by atomic mass is 79.9. The fourth-order valence-electron chi connectivity index (χ4n) is 2.49. The van der Waals surface area contributed by atoms with E-state index in [0.29, 0.717) is 10.2 Å². The number of halogens is 2. The fraction of sp³-hybridized carbons (Fsp3) is 0.200. The molecule has 0 aliphatic heterocycles. The highest BCUT2D eigenvalue weighted by Crippen LogP contribution is 2.28. The summed E-state index contributed by atoms with van der Waals surface area (Å²) in [5, 5.41) is 0. The van der Waals surface area contributed by atoms with E-state index in [2.05, 4.69) is 20.7 Å². The number of nitrogens with one attached hydrogen (secondary N) is 1. The molecule has 0 saturated heterocycles. The summed E-state index contributed by atoms with van der Waals surface area (Å²) in [7, 11) is -3.67. The normalized spacial score (nSPS) is 14.0. The first-order valence-corrected chi connectivity index (χ1v) is 8.83. The average Bonchev–Trinajstić information content (AvgIpc) is 2.89. The molecule has 0 unspecified atom stereocenters. The van der Waals surface area contributed by atoms with Gasteiger partial charge in [0, 0.05) is 4.47 Å². The zero-order valence-electron chi connectivity index (χ0n) is 11.1. The predicted molar refractivity (Wildman–Crippen MR) is 83.4 cm³/mol. The minimum atomic E-state index is -3.67. The van der Waals surface area contributed by atoms with E-state index in [1.54, 1.807) is 12.1 Å². The lowest BCUT2D eigenvalue weighted by molar-refractivity contribution is 0.600. The Kier molecular flexibility index (Phi) is 3.75. The molecule has 0 spiro atoms. The van der Waals surface area contributed by atoms with Gasteiger partial charge in [-0.25, -0.2) is 12.8 Å². The van der Waals surface area contributed by atoms with Crippen molar-refractivity contribution in [3.8, 4) is 0 Å². The van der Waals surface area contributed by atoms with E-state index in [9.17, 15) is 12.8 Å². The van der Waals surface area contributed by atoms with Gasteiger partial charge in [0.15, 0.2) is 0 Å². The van der Waals surface area contributed by atoms with Crippen LogP contribution in [-0.2, 0) is 22.9 Å². The lowest BCUT2D eigenvalue weighted by Crippen LogP contribution is -2.13. The minimum Gasteiger partial charge on any atom is -0.278 e. The molecular formula is C15H13BrFNO2S. The van der Waals surface area contributed by atoms with E-state index < -0.39 is 15.8 Å². The second-order valence-corrected chi connectivity index (χ2v) is 7.55. The average molecular weight is 370 g/mol. The molecule has 0 bridgehead atoms. The number of fused-ring (bicyclic) bond motifs is 1. The molecule has 0 heterocycles. The maximum absolute atomic E-state index is 13.0. The summed E-state index contributed by atoms with van der Waals surface area (Å²) in [6, 6.07) is 9.04. The number of sulfonamides is 1. The van der Waals surface area contributed by atoms with Crippen LogP contribution in [0, 0.1) is 5.82 Å². The van der Waals surface area contributed by atoms with Crippen molar-refractivity contribution in [1.29, 1.82) is 0 Å². The molecule has 1 aliphatic rings. The molecule has 2 aromatic carbocycles. The fourth-order valence-corrected chi connectivity index (χ4v) is 4.20. The van der Waals surface area contributed by atoms with E-state index in [-0.39, 0.29) is 4.90 Å². The summed E-state index contributed by atoms with van der Waals surface area (Å²) in [4.78, 5) is 0.236. The molecular weight excluding hydrogens is 357 g/mol. The Labute approximate surface area is 131 Å². The Morgan fingerprint density at radius 3 is 2.57 bits per heavy atom. The molecule has 3 nitrogen and oxygen atoms in total. The number of benzene rings is 2. The zero-order chi connectivity index (χ0) is 15.0. The smallest absolute Gasteiger partial charge is 0.261 e. The Morgan fingerprint density at radius 2 is 1.81 bits per heavy atom. The third kappa shape index (κ3) is 2.96. The van der Waals surface area contributed by atoms with Crippen molar-refractivity contribution >= 4 is 31.6 Å². The van der Waals surface area contributed by atoms with Gasteiger partial charge >= 0.3 is 0 Å². The standard InChI is InChI=1S/C15H13BrFNO2S/c16-14-9-12(17)5-7-15(14)18-21(19,20)13-6-4-10-2-1-3-11(10)8-13/h4-9,18H,1-3H2. The topological polar surface area (TPSA) is 46.2 Å². The highest BCUT2D eigenvalue weighted by Gasteiger charge is 2.19. The first-order valence-electron chi connectivity index (χ1n) is 6.55. The lowest BCUT2D eigenvalue weighted by atomic mass is 10.1. The van der Waals surface area contributed by atoms with Gasteiger partial charge in [-0.2, -0.15) is 0 Å². The molecule has 0 saturated carbocycles. The van der Waals surface area contributed by atoms with E-state index in [1.165, 1.54) is 23.8 Å². The van der Waals surface area contributed by atoms with E-state index in [4.69, 9.17) is 0 Å². The van der Waals surface area contributed by atoms with Gasteiger partial charge in [-0.05, 0) is 76.7 Å². The third-order valence-electron chi connectivity index (χ3n) is 3.56. The van der Waals surface area contributed by atoms with E-state index in [0.717, 1.165) is 24.8 Å². The van der Waals surface area contributed by atoms with Crippen LogP contribution in [0.25, 0.3) is 0 Å². The van der Waals surface area contributed by atoms with E-state index in [1.807, 2.05) is 6.07 Å². The van der Waals surface area contributed by atoms with Crippen molar-refractivity contribution < 1.29 is 12.8 Å². The molecule has 110 valence electrons. The Hall–Kier alpha value is -1.40. The van der Waals surface area contributed by atoms with Crippen LogP contribution in [0.15, 0.2) is 45.8 Å². The summed E-state index contributed by atoms with van der Waals surface area (Å²) in [6.07, 6.45) is 2.99. The summed E-state index contributed by atoms with van der Waals surface area (Å²) in [6.45, 7) is 0. The monoisotopic (exact) mass is 369 g/mol. The van der Waals surface area contributed by atoms with Crippen LogP contribution in [0.5, 0.6) is 0 Å². The van der Waals surface area contributed by atoms with Crippen molar-refractivity contribution in [2.24, 2.45) is 0 Å². The molecule has 0 amide bonds. The van der Waals surface area contributed by atoms with Crippen LogP contribution in [-0.4, -0.2) is 8.42 Å². The van der Waals surface area contributed by atoms with Crippen molar-refractivity contribution in [1.82, 2.24) is 0 Å². The van der Waals surface area contributed by atoms with Crippen molar-refractivity contribution in [2.75, 3.05) is 4.72 Å². The zero-order valence-corrected chi connectivity index (χ0v) is 13.5. The number of hydrogen-bond donors (Lipinski definition) is 1. The molecule has 1 aliphatic carbocycles. The summed E-state index contributed by atoms with van der Waals surface area (Å²) in [5.74, 6) is -0.428. The van der Waals surface area contributed by atoms with Crippen molar-refractivity contribution in [2.45, 2.75) is 24.2 Å². The third-order valence-corrected chi connectivity index (χ3v) is 5.57. The molecule has 2 aromatic rings. The molecule has 0 aromatic heterocycles. The summed E-state index contributed by atoms with van der Waals surface area (Å²) >= 11 is 3.16. The van der Waals surface area contributed by atoms with Gasteiger partial charge in [-0.3, -0.25) is 4.72 Å². The minimum absolute atomic E-state index is 0.236. The van der Waals surface area contributed by atoms with Crippen LogP contribution in [0.4, 0.5) is 10.1 Å². The van der Waals surface area contributed by atoms with Crippen LogP contribution in [0.3, 0.4) is 0 Å². The number of anilines is 1. The number of rotatable bonds is 3. The van der Waals surface area contributed by atoms with Crippen molar-refractivity contribution in [3.63, 3.8) is 0 Å². The Bertz CT molecular complexity index is 805.